The number of anilines is 1. The van der Waals surface area contributed by atoms with Gasteiger partial charge < -0.3 is 24.8 Å². The lowest BCUT2D eigenvalue weighted by atomic mass is 9.94. The molecule has 4 rings (SSSR count). The summed E-state index contributed by atoms with van der Waals surface area (Å²) in [4.78, 5) is 42.2. The van der Waals surface area contributed by atoms with Gasteiger partial charge in [-0.05, 0) is 75.1 Å². The molecule has 43 heavy (non-hydrogen) atoms. The van der Waals surface area contributed by atoms with Crippen LogP contribution in [0.2, 0.25) is 0 Å². The maximum atomic E-state index is 14.3. The topological polar surface area (TPSA) is 142 Å². The molecule has 2 heterocycles. The van der Waals surface area contributed by atoms with Crippen LogP contribution in [-0.4, -0.2) is 47.6 Å². The number of halogens is 1. The molecule has 1 saturated heterocycles. The van der Waals surface area contributed by atoms with Crippen LogP contribution < -0.4 is 31.4 Å². The molecule has 12 heteroatoms. The highest BCUT2D eigenvalue weighted by atomic mass is 19.1. The molecule has 3 aromatic rings. The number of esters is 1. The van der Waals surface area contributed by atoms with E-state index in [1.807, 2.05) is 6.07 Å². The van der Waals surface area contributed by atoms with Gasteiger partial charge in [0.05, 0.1) is 51.0 Å². The minimum atomic E-state index is -0.904. The third kappa shape index (κ3) is 6.89. The molecule has 2 atom stereocenters. The lowest BCUT2D eigenvalue weighted by Gasteiger charge is -2.40. The van der Waals surface area contributed by atoms with Crippen molar-refractivity contribution in [2.75, 3.05) is 25.7 Å². The Morgan fingerprint density at radius 1 is 1.05 bits per heavy atom. The number of carbonyl (C=O) groups excluding carboxylic acids is 1. The molecule has 228 valence electrons. The number of aromatic nitrogens is 2. The second-order valence-electron chi connectivity index (χ2n) is 11.4. The first-order valence-corrected chi connectivity index (χ1v) is 13.9. The Morgan fingerprint density at radius 3 is 2.42 bits per heavy atom. The molecule has 1 aromatic heterocycles. The summed E-state index contributed by atoms with van der Waals surface area (Å²) in [6.45, 7) is 5.32. The number of hydrogen-bond acceptors (Lipinski definition) is 9. The third-order valence-electron chi connectivity index (χ3n) is 7.25. The predicted molar refractivity (Wildman–Crippen MR) is 158 cm³/mol. The number of nitriles is 1. The van der Waals surface area contributed by atoms with Gasteiger partial charge in [-0.1, -0.05) is 6.07 Å². The van der Waals surface area contributed by atoms with Crippen molar-refractivity contribution in [1.29, 1.82) is 5.26 Å². The Kier molecular flexibility index (Phi) is 9.25. The highest BCUT2D eigenvalue weighted by molar-refractivity contribution is 5.74. The van der Waals surface area contributed by atoms with Crippen LogP contribution in [0.4, 0.5) is 10.2 Å². The Morgan fingerprint density at radius 2 is 1.77 bits per heavy atom. The molecule has 1 aliphatic rings. The van der Waals surface area contributed by atoms with Crippen molar-refractivity contribution >= 4 is 11.8 Å². The predicted octanol–water partition coefficient (Wildman–Crippen LogP) is 2.98. The summed E-state index contributed by atoms with van der Waals surface area (Å²) in [6, 6.07) is 12.0. The maximum Gasteiger partial charge on any atom is 0.333 e. The zero-order chi connectivity index (χ0) is 31.5. The largest absolute Gasteiger partial charge is 0.493 e. The quantitative estimate of drug-likeness (QED) is 0.390. The van der Waals surface area contributed by atoms with Gasteiger partial charge in [0, 0.05) is 12.6 Å². The normalized spacial score (nSPS) is 16.8. The number of methoxy groups -OCH3 is 2. The highest BCUT2D eigenvalue weighted by Gasteiger charge is 2.38. The standard InChI is InChI=1S/C31H36FN5O6/c1-31(2,3)43-29(39)23-7-6-12-35(28(23)34)26-15-27(38)37(17-19-8-11-24(41-4)25(13-19)42-5)30(40)36(26)18-21-14-22(32)10-9-20(21)16-33/h8-11,13-15,23,28H,6-7,12,17-18,34H2,1-5H3/t23-,28?/m1/s1. The minimum absolute atomic E-state index is 0.0981. The van der Waals surface area contributed by atoms with E-state index < -0.39 is 40.7 Å². The van der Waals surface area contributed by atoms with Crippen molar-refractivity contribution in [2.45, 2.75) is 58.5 Å². The van der Waals surface area contributed by atoms with Crippen molar-refractivity contribution < 1.29 is 23.4 Å². The average Bonchev–Trinajstić information content (AvgIpc) is 2.95. The summed E-state index contributed by atoms with van der Waals surface area (Å²) >= 11 is 0. The van der Waals surface area contributed by atoms with Crippen LogP contribution in [0.3, 0.4) is 0 Å². The average molecular weight is 594 g/mol. The first-order chi connectivity index (χ1) is 20.4. The second-order valence-corrected chi connectivity index (χ2v) is 11.4. The molecular weight excluding hydrogens is 557 g/mol. The van der Waals surface area contributed by atoms with Gasteiger partial charge in [-0.3, -0.25) is 18.7 Å². The maximum absolute atomic E-state index is 14.3. The van der Waals surface area contributed by atoms with E-state index >= 15 is 0 Å². The monoisotopic (exact) mass is 593 g/mol. The first kappa shape index (κ1) is 31.3. The van der Waals surface area contributed by atoms with Crippen molar-refractivity contribution in [3.8, 4) is 17.6 Å². The molecule has 0 amide bonds. The third-order valence-corrected chi connectivity index (χ3v) is 7.25. The molecule has 0 saturated carbocycles. The summed E-state index contributed by atoms with van der Waals surface area (Å²) < 4.78 is 32.9. The van der Waals surface area contributed by atoms with E-state index in [2.05, 4.69) is 0 Å². The molecule has 0 bridgehead atoms. The van der Waals surface area contributed by atoms with Gasteiger partial charge >= 0.3 is 11.7 Å². The number of nitrogens with zero attached hydrogens (tertiary/aromatic N) is 4. The summed E-state index contributed by atoms with van der Waals surface area (Å²) in [5.41, 5.74) is 5.60. The van der Waals surface area contributed by atoms with E-state index in [4.69, 9.17) is 19.9 Å². The molecular formula is C31H36FN5O6. The number of hydrogen-bond donors (Lipinski definition) is 1. The first-order valence-electron chi connectivity index (χ1n) is 13.9. The molecule has 1 unspecified atom stereocenters. The molecule has 0 aliphatic carbocycles. The summed E-state index contributed by atoms with van der Waals surface area (Å²) in [7, 11) is 2.98. The van der Waals surface area contributed by atoms with Crippen LogP contribution in [0.25, 0.3) is 0 Å². The number of nitrogens with two attached hydrogens (primary N) is 1. The van der Waals surface area contributed by atoms with Gasteiger partial charge in [-0.15, -0.1) is 0 Å². The van der Waals surface area contributed by atoms with Gasteiger partial charge in [0.15, 0.2) is 11.5 Å². The second kappa shape index (κ2) is 12.7. The van der Waals surface area contributed by atoms with E-state index in [0.717, 1.165) is 10.6 Å². The Hall–Kier alpha value is -4.63. The summed E-state index contributed by atoms with van der Waals surface area (Å²) in [5.74, 6) is -0.697. The lowest BCUT2D eigenvalue weighted by Crippen LogP contribution is -2.56. The zero-order valence-corrected chi connectivity index (χ0v) is 24.9. The summed E-state index contributed by atoms with van der Waals surface area (Å²) in [5, 5.41) is 9.67. The Balaban J connectivity index is 1.84. The highest BCUT2D eigenvalue weighted by Crippen LogP contribution is 2.29. The Bertz CT molecular complexity index is 1670. The van der Waals surface area contributed by atoms with E-state index in [-0.39, 0.29) is 30.0 Å². The van der Waals surface area contributed by atoms with E-state index in [1.54, 1.807) is 43.9 Å². The molecule has 1 aliphatic heterocycles. The van der Waals surface area contributed by atoms with E-state index in [0.29, 0.717) is 36.4 Å². The number of ether oxygens (including phenoxy) is 3. The number of piperidine rings is 1. The van der Waals surface area contributed by atoms with Gasteiger partial charge in [0.25, 0.3) is 5.56 Å². The van der Waals surface area contributed by atoms with Crippen molar-refractivity contribution in [3.63, 3.8) is 0 Å². The smallest absolute Gasteiger partial charge is 0.333 e. The van der Waals surface area contributed by atoms with Crippen LogP contribution in [0, 0.1) is 23.1 Å². The molecule has 2 N–H and O–H groups in total. The fraction of sp³-hybridized carbons (Fsp3) is 0.419. The van der Waals surface area contributed by atoms with Gasteiger partial charge in [0.1, 0.15) is 17.2 Å². The Labute approximate surface area is 248 Å². The van der Waals surface area contributed by atoms with Crippen LogP contribution in [-0.2, 0) is 22.6 Å². The summed E-state index contributed by atoms with van der Waals surface area (Å²) in [6.07, 6.45) is 0.109. The lowest BCUT2D eigenvalue weighted by molar-refractivity contribution is -0.161. The SMILES string of the molecule is COc1ccc(Cn2c(=O)cc(N3CCC[C@@H](C(=O)OC(C)(C)C)C3N)n(Cc3cc(F)ccc3C#N)c2=O)cc1OC. The molecule has 2 aromatic carbocycles. The van der Waals surface area contributed by atoms with Crippen LogP contribution in [0.5, 0.6) is 11.5 Å². The number of carbonyl (C=O) groups is 1. The van der Waals surface area contributed by atoms with Crippen LogP contribution in [0.15, 0.2) is 52.1 Å². The van der Waals surface area contributed by atoms with Gasteiger partial charge in [-0.25, -0.2) is 9.18 Å². The van der Waals surface area contributed by atoms with Crippen LogP contribution in [0.1, 0.15) is 50.3 Å². The van der Waals surface area contributed by atoms with Gasteiger partial charge in [-0.2, -0.15) is 5.26 Å². The number of benzene rings is 2. The molecule has 0 radical (unpaired) electrons. The zero-order valence-electron chi connectivity index (χ0n) is 24.9. The minimum Gasteiger partial charge on any atom is -0.493 e. The van der Waals surface area contributed by atoms with Crippen molar-refractivity contribution in [1.82, 2.24) is 9.13 Å². The van der Waals surface area contributed by atoms with Crippen molar-refractivity contribution in [3.05, 3.63) is 85.8 Å². The molecule has 0 spiro atoms. The van der Waals surface area contributed by atoms with Gasteiger partial charge in [0.2, 0.25) is 0 Å². The van der Waals surface area contributed by atoms with E-state index in [1.165, 1.54) is 37.0 Å². The van der Waals surface area contributed by atoms with Crippen molar-refractivity contribution in [2.24, 2.45) is 11.7 Å². The molecule has 11 nitrogen and oxygen atoms in total. The fourth-order valence-electron chi connectivity index (χ4n) is 5.19. The van der Waals surface area contributed by atoms with Crippen LogP contribution >= 0.6 is 0 Å². The molecule has 1 fully saturated rings. The van der Waals surface area contributed by atoms with E-state index in [9.17, 15) is 24.0 Å². The fourth-order valence-corrected chi connectivity index (χ4v) is 5.19. The number of rotatable bonds is 8.